The standard InChI is InChI=1S/C16H23F2N3O3Si/c1-5-24-15(22)16(17,18)13-12-6-7-21(14(12)20-10-19-13)11-23-8-9-25(2,3)4/h6-7,10H,5,8-9,11H2,1-4H3. The molecule has 25 heavy (non-hydrogen) atoms. The fourth-order valence-electron chi connectivity index (χ4n) is 2.22. The van der Waals surface area contributed by atoms with E-state index in [1.54, 1.807) is 10.8 Å². The number of hydrogen-bond donors (Lipinski definition) is 0. The van der Waals surface area contributed by atoms with Crippen LogP contribution in [0.4, 0.5) is 8.78 Å². The Labute approximate surface area is 146 Å². The first-order chi connectivity index (χ1) is 11.7. The molecule has 0 spiro atoms. The molecule has 0 bridgehead atoms. The van der Waals surface area contributed by atoms with E-state index in [9.17, 15) is 13.6 Å². The number of nitrogens with zero attached hydrogens (tertiary/aromatic N) is 3. The van der Waals surface area contributed by atoms with Gasteiger partial charge in [-0.05, 0) is 19.0 Å². The Morgan fingerprint density at radius 1 is 1.32 bits per heavy atom. The van der Waals surface area contributed by atoms with E-state index in [-0.39, 0.29) is 18.7 Å². The van der Waals surface area contributed by atoms with Crippen LogP contribution in [0.2, 0.25) is 25.7 Å². The van der Waals surface area contributed by atoms with Gasteiger partial charge in [0.05, 0.1) is 6.61 Å². The summed E-state index contributed by atoms with van der Waals surface area (Å²) in [4.78, 5) is 19.2. The van der Waals surface area contributed by atoms with Gasteiger partial charge in [0, 0.05) is 26.3 Å². The van der Waals surface area contributed by atoms with E-state index in [0.29, 0.717) is 12.3 Å². The summed E-state index contributed by atoms with van der Waals surface area (Å²) < 4.78 is 40.3. The third-order valence-electron chi connectivity index (χ3n) is 3.61. The molecule has 0 aliphatic carbocycles. The maximum atomic E-state index is 14.3. The average Bonchev–Trinajstić information content (AvgIpc) is 2.94. The Hall–Kier alpha value is -1.87. The largest absolute Gasteiger partial charge is 0.461 e. The highest BCUT2D eigenvalue weighted by atomic mass is 28.3. The maximum absolute atomic E-state index is 14.3. The lowest BCUT2D eigenvalue weighted by molar-refractivity contribution is -0.173. The number of fused-ring (bicyclic) bond motifs is 1. The highest BCUT2D eigenvalue weighted by Gasteiger charge is 2.46. The molecule has 0 amide bonds. The fourth-order valence-corrected chi connectivity index (χ4v) is 2.97. The van der Waals surface area contributed by atoms with Crippen molar-refractivity contribution in [3.63, 3.8) is 0 Å². The third-order valence-corrected chi connectivity index (χ3v) is 5.32. The number of carbonyl (C=O) groups excluding carboxylic acids is 1. The van der Waals surface area contributed by atoms with Gasteiger partial charge in [0.1, 0.15) is 24.4 Å². The van der Waals surface area contributed by atoms with E-state index in [1.165, 1.54) is 13.0 Å². The number of halogens is 2. The van der Waals surface area contributed by atoms with E-state index in [2.05, 4.69) is 34.3 Å². The zero-order valence-electron chi connectivity index (χ0n) is 14.9. The van der Waals surface area contributed by atoms with Crippen molar-refractivity contribution in [2.75, 3.05) is 13.2 Å². The molecular weight excluding hydrogens is 348 g/mol. The summed E-state index contributed by atoms with van der Waals surface area (Å²) in [5.74, 6) is -5.45. The number of rotatable bonds is 8. The van der Waals surface area contributed by atoms with Gasteiger partial charge in [-0.2, -0.15) is 8.78 Å². The highest BCUT2D eigenvalue weighted by Crippen LogP contribution is 2.32. The molecule has 0 N–H and O–H groups in total. The number of esters is 1. The van der Waals surface area contributed by atoms with Gasteiger partial charge in [-0.15, -0.1) is 0 Å². The molecule has 6 nitrogen and oxygen atoms in total. The molecule has 2 aromatic rings. The summed E-state index contributed by atoms with van der Waals surface area (Å²) in [5.41, 5.74) is -0.362. The van der Waals surface area contributed by atoms with Crippen LogP contribution in [0.3, 0.4) is 0 Å². The normalized spacial score (nSPS) is 12.6. The van der Waals surface area contributed by atoms with Gasteiger partial charge in [-0.3, -0.25) is 0 Å². The monoisotopic (exact) mass is 371 g/mol. The van der Waals surface area contributed by atoms with Gasteiger partial charge in [0.2, 0.25) is 0 Å². The minimum atomic E-state index is -3.83. The van der Waals surface area contributed by atoms with Crippen LogP contribution in [0.1, 0.15) is 12.6 Å². The van der Waals surface area contributed by atoms with Crippen molar-refractivity contribution >= 4 is 25.1 Å². The summed E-state index contributed by atoms with van der Waals surface area (Å²) in [7, 11) is -1.20. The second kappa shape index (κ2) is 7.57. The number of alkyl halides is 2. The molecular formula is C16H23F2N3O3Si. The van der Waals surface area contributed by atoms with E-state index in [0.717, 1.165) is 12.4 Å². The molecule has 0 aromatic carbocycles. The lowest BCUT2D eigenvalue weighted by atomic mass is 10.1. The van der Waals surface area contributed by atoms with Crippen LogP contribution < -0.4 is 0 Å². The lowest BCUT2D eigenvalue weighted by Gasteiger charge is -2.16. The van der Waals surface area contributed by atoms with Crippen LogP contribution in [0.25, 0.3) is 11.0 Å². The summed E-state index contributed by atoms with van der Waals surface area (Å²) in [6, 6.07) is 2.47. The zero-order chi connectivity index (χ0) is 18.7. The quantitative estimate of drug-likeness (QED) is 0.404. The molecule has 0 atom stereocenters. The molecule has 2 heterocycles. The first kappa shape index (κ1) is 19.5. The van der Waals surface area contributed by atoms with Crippen LogP contribution in [0, 0.1) is 0 Å². The molecule has 0 saturated carbocycles. The van der Waals surface area contributed by atoms with Crippen molar-refractivity contribution < 1.29 is 23.0 Å². The lowest BCUT2D eigenvalue weighted by Crippen LogP contribution is -2.29. The van der Waals surface area contributed by atoms with Gasteiger partial charge in [0.25, 0.3) is 0 Å². The van der Waals surface area contributed by atoms with Crippen molar-refractivity contribution in [3.05, 3.63) is 24.3 Å². The van der Waals surface area contributed by atoms with Crippen LogP contribution in [-0.4, -0.2) is 41.8 Å². The van der Waals surface area contributed by atoms with Crippen molar-refractivity contribution in [2.45, 2.75) is 45.3 Å². The van der Waals surface area contributed by atoms with E-state index in [4.69, 9.17) is 4.74 Å². The van der Waals surface area contributed by atoms with Crippen molar-refractivity contribution in [2.24, 2.45) is 0 Å². The Morgan fingerprint density at radius 3 is 2.68 bits per heavy atom. The third kappa shape index (κ3) is 4.60. The Bertz CT molecular complexity index is 744. The van der Waals surface area contributed by atoms with Gasteiger partial charge >= 0.3 is 11.9 Å². The zero-order valence-corrected chi connectivity index (χ0v) is 15.9. The van der Waals surface area contributed by atoms with Crippen LogP contribution in [-0.2, 0) is 26.9 Å². The number of carbonyl (C=O) groups is 1. The van der Waals surface area contributed by atoms with Gasteiger partial charge < -0.3 is 14.0 Å². The minimum Gasteiger partial charge on any atom is -0.461 e. The van der Waals surface area contributed by atoms with Gasteiger partial charge in [-0.25, -0.2) is 14.8 Å². The molecule has 0 unspecified atom stereocenters. The molecule has 0 radical (unpaired) electrons. The second-order valence-corrected chi connectivity index (χ2v) is 12.5. The summed E-state index contributed by atoms with van der Waals surface area (Å²) in [6.45, 7) is 8.89. The van der Waals surface area contributed by atoms with Crippen molar-refractivity contribution in [1.82, 2.24) is 14.5 Å². The molecule has 2 rings (SSSR count). The first-order valence-corrected chi connectivity index (χ1v) is 11.8. The minimum absolute atomic E-state index is 0.106. The molecule has 0 fully saturated rings. The predicted octanol–water partition coefficient (Wildman–Crippen LogP) is 3.40. The second-order valence-electron chi connectivity index (χ2n) is 6.89. The van der Waals surface area contributed by atoms with Crippen molar-refractivity contribution in [3.8, 4) is 0 Å². The van der Waals surface area contributed by atoms with Crippen LogP contribution >= 0.6 is 0 Å². The van der Waals surface area contributed by atoms with Gasteiger partial charge in [-0.1, -0.05) is 19.6 Å². The number of hydrogen-bond acceptors (Lipinski definition) is 5. The fraction of sp³-hybridized carbons (Fsp3) is 0.562. The first-order valence-electron chi connectivity index (χ1n) is 8.10. The van der Waals surface area contributed by atoms with Gasteiger partial charge in [0.15, 0.2) is 0 Å². The smallest absolute Gasteiger partial charge is 0.385 e. The molecule has 2 aromatic heterocycles. The topological polar surface area (TPSA) is 66.2 Å². The number of ether oxygens (including phenoxy) is 2. The van der Waals surface area contributed by atoms with E-state index in [1.807, 2.05) is 0 Å². The number of aromatic nitrogens is 3. The Morgan fingerprint density at radius 2 is 2.04 bits per heavy atom. The van der Waals surface area contributed by atoms with Crippen molar-refractivity contribution in [1.29, 1.82) is 0 Å². The molecule has 138 valence electrons. The summed E-state index contributed by atoms with van der Waals surface area (Å²) in [5, 5.41) is 0.106. The Kier molecular flexibility index (Phi) is 5.89. The SMILES string of the molecule is CCOC(=O)C(F)(F)c1ncnc2c1ccn2COCC[Si](C)(C)C. The average molecular weight is 371 g/mol. The molecule has 0 saturated heterocycles. The van der Waals surface area contributed by atoms with E-state index < -0.39 is 25.7 Å². The highest BCUT2D eigenvalue weighted by molar-refractivity contribution is 6.76. The summed E-state index contributed by atoms with van der Waals surface area (Å²) in [6.07, 6.45) is 2.61. The Balaban J connectivity index is 2.21. The van der Waals surface area contributed by atoms with Crippen LogP contribution in [0.5, 0.6) is 0 Å². The predicted molar refractivity (Wildman–Crippen MR) is 92.2 cm³/mol. The van der Waals surface area contributed by atoms with Crippen LogP contribution in [0.15, 0.2) is 18.6 Å². The molecule has 9 heteroatoms. The van der Waals surface area contributed by atoms with E-state index >= 15 is 0 Å². The molecule has 0 aliphatic rings. The summed E-state index contributed by atoms with van der Waals surface area (Å²) >= 11 is 0. The maximum Gasteiger partial charge on any atom is 0.385 e. The molecule has 0 aliphatic heterocycles.